The van der Waals surface area contributed by atoms with Gasteiger partial charge in [0.25, 0.3) is 0 Å². The molecule has 27 heavy (non-hydrogen) atoms. The number of aryl methyl sites for hydroxylation is 1. The van der Waals surface area contributed by atoms with Crippen LogP contribution in [0.3, 0.4) is 0 Å². The van der Waals surface area contributed by atoms with Crippen LogP contribution in [-0.2, 0) is 4.74 Å². The highest BCUT2D eigenvalue weighted by Gasteiger charge is 2.09. The van der Waals surface area contributed by atoms with Crippen molar-refractivity contribution in [3.8, 4) is 0 Å². The molecule has 1 aliphatic heterocycles. The maximum atomic E-state index is 12.1. The Morgan fingerprint density at radius 2 is 2.26 bits per heavy atom. The highest BCUT2D eigenvalue weighted by atomic mass is 16.5. The van der Waals surface area contributed by atoms with Crippen molar-refractivity contribution in [2.45, 2.75) is 25.8 Å². The fraction of sp³-hybridized carbons (Fsp3) is 0.316. The molecule has 1 aromatic rings. The van der Waals surface area contributed by atoms with Crippen molar-refractivity contribution in [2.75, 3.05) is 24.3 Å². The number of rotatable bonds is 6. The second kappa shape index (κ2) is 8.88. The third-order valence-corrected chi connectivity index (χ3v) is 3.95. The van der Waals surface area contributed by atoms with Crippen LogP contribution in [0.25, 0.3) is 0 Å². The minimum atomic E-state index is -0.508. The number of hydrogen-bond donors (Lipinski definition) is 2. The summed E-state index contributed by atoms with van der Waals surface area (Å²) in [5, 5.41) is 5.86. The first kappa shape index (κ1) is 18.5. The van der Waals surface area contributed by atoms with Gasteiger partial charge in [0.1, 0.15) is 11.6 Å². The molecule has 2 amide bonds. The third-order valence-electron chi connectivity index (χ3n) is 3.95. The highest BCUT2D eigenvalue weighted by molar-refractivity contribution is 6.06. The number of allylic oxidation sites excluding steroid dienone is 4. The Bertz CT molecular complexity index is 842. The second-order valence-electron chi connectivity index (χ2n) is 6.07. The second-order valence-corrected chi connectivity index (χ2v) is 6.07. The van der Waals surface area contributed by atoms with Crippen molar-refractivity contribution in [2.24, 2.45) is 9.98 Å². The Kier molecular flexibility index (Phi) is 6.09. The molecule has 2 heterocycles. The number of anilines is 2. The van der Waals surface area contributed by atoms with Crippen LogP contribution in [0, 0.1) is 6.92 Å². The number of aliphatic imine (C=N–C) groups is 2. The smallest absolute Gasteiger partial charge is 0.347 e. The third kappa shape index (κ3) is 5.60. The summed E-state index contributed by atoms with van der Waals surface area (Å²) in [6.45, 7) is 2.57. The van der Waals surface area contributed by atoms with Gasteiger partial charge in [-0.15, -0.1) is 0 Å². The lowest BCUT2D eigenvalue weighted by atomic mass is 10.1. The van der Waals surface area contributed by atoms with E-state index in [9.17, 15) is 4.79 Å². The number of hydrogen-bond acceptors (Lipinski definition) is 6. The van der Waals surface area contributed by atoms with Crippen molar-refractivity contribution in [1.29, 1.82) is 0 Å². The Hall–Kier alpha value is -3.29. The summed E-state index contributed by atoms with van der Waals surface area (Å²) in [6, 6.07) is 1.54. The normalized spacial score (nSPS) is 19.3. The molecule has 0 saturated carbocycles. The highest BCUT2D eigenvalue weighted by Crippen LogP contribution is 2.12. The van der Waals surface area contributed by atoms with Crippen molar-refractivity contribution < 1.29 is 9.53 Å². The average Bonchev–Trinajstić information content (AvgIpc) is 3.15. The molecule has 8 heteroatoms. The molecule has 8 nitrogen and oxygen atoms in total. The number of ether oxygens (including phenoxy) is 1. The van der Waals surface area contributed by atoms with Gasteiger partial charge in [0.15, 0.2) is 0 Å². The van der Waals surface area contributed by atoms with Crippen LogP contribution < -0.4 is 10.6 Å². The first-order chi connectivity index (χ1) is 13.1. The van der Waals surface area contributed by atoms with Gasteiger partial charge >= 0.3 is 6.03 Å². The molecule has 2 N–H and O–H groups in total. The lowest BCUT2D eigenvalue weighted by molar-refractivity contribution is 0.259. The number of nitrogens with one attached hydrogen (secondary N) is 2. The van der Waals surface area contributed by atoms with Crippen LogP contribution in [0.2, 0.25) is 0 Å². The van der Waals surface area contributed by atoms with E-state index < -0.39 is 6.03 Å². The molecule has 1 aliphatic carbocycles. The molecule has 0 bridgehead atoms. The minimum Gasteiger partial charge on any atom is -0.497 e. The van der Waals surface area contributed by atoms with Crippen molar-refractivity contribution in [3.05, 3.63) is 47.9 Å². The predicted octanol–water partition coefficient (Wildman–Crippen LogP) is 3.06. The number of carbonyl (C=O) groups excluding carboxylic acids is 1. The summed E-state index contributed by atoms with van der Waals surface area (Å²) >= 11 is 0. The molecule has 0 saturated heterocycles. The van der Waals surface area contributed by atoms with Gasteiger partial charge in [-0.05, 0) is 37.6 Å². The number of amides is 2. The number of carbonyl (C=O) groups is 1. The van der Waals surface area contributed by atoms with Crippen molar-refractivity contribution in [3.63, 3.8) is 0 Å². The molecule has 1 aromatic heterocycles. The number of aromatic nitrogens is 2. The fourth-order valence-electron chi connectivity index (χ4n) is 2.63. The predicted molar refractivity (Wildman–Crippen MR) is 107 cm³/mol. The minimum absolute atomic E-state index is 0.214. The van der Waals surface area contributed by atoms with E-state index in [1.54, 1.807) is 19.3 Å². The lowest BCUT2D eigenvalue weighted by Crippen LogP contribution is -2.15. The number of urea groups is 1. The van der Waals surface area contributed by atoms with E-state index in [1.807, 2.05) is 31.4 Å². The van der Waals surface area contributed by atoms with Crippen molar-refractivity contribution in [1.82, 2.24) is 9.97 Å². The maximum absolute atomic E-state index is 12.1. The Labute approximate surface area is 157 Å². The van der Waals surface area contributed by atoms with E-state index in [4.69, 9.17) is 4.74 Å². The van der Waals surface area contributed by atoms with Crippen LogP contribution in [0.5, 0.6) is 0 Å². The zero-order valence-corrected chi connectivity index (χ0v) is 15.3. The topological polar surface area (TPSA) is 101 Å². The van der Waals surface area contributed by atoms with Crippen LogP contribution in [0.1, 0.15) is 18.5 Å². The SMILES string of the molecule is COC1=CCC(=NC(=O)Nc2nc(C)cc(NCCC3C=CC=N3)n2)C=C1. The largest absolute Gasteiger partial charge is 0.497 e. The zero-order chi connectivity index (χ0) is 19.1. The van der Waals surface area contributed by atoms with Gasteiger partial charge in [-0.1, -0.05) is 6.08 Å². The molecule has 0 aromatic carbocycles. The van der Waals surface area contributed by atoms with E-state index in [1.165, 1.54) is 0 Å². The summed E-state index contributed by atoms with van der Waals surface area (Å²) in [6.07, 6.45) is 12.6. The summed E-state index contributed by atoms with van der Waals surface area (Å²) in [5.74, 6) is 1.63. The molecular weight excluding hydrogens is 344 g/mol. The lowest BCUT2D eigenvalue weighted by Gasteiger charge is -2.10. The first-order valence-corrected chi connectivity index (χ1v) is 8.72. The van der Waals surface area contributed by atoms with Gasteiger partial charge in [0.2, 0.25) is 5.95 Å². The fourth-order valence-corrected chi connectivity index (χ4v) is 2.63. The molecule has 0 radical (unpaired) electrons. The van der Waals surface area contributed by atoms with Crippen LogP contribution in [-0.4, -0.2) is 47.6 Å². The van der Waals surface area contributed by atoms with E-state index in [0.717, 1.165) is 24.4 Å². The average molecular weight is 366 g/mol. The monoisotopic (exact) mass is 366 g/mol. The van der Waals surface area contributed by atoms with Crippen molar-refractivity contribution >= 4 is 29.7 Å². The van der Waals surface area contributed by atoms with Gasteiger partial charge < -0.3 is 10.1 Å². The first-order valence-electron chi connectivity index (χ1n) is 8.72. The molecule has 1 unspecified atom stereocenters. The standard InChI is InChI=1S/C19H22N6O2/c1-13-12-17(21-11-9-14-4-3-10-20-14)24-18(22-13)25-19(26)23-15-5-7-16(27-2)8-6-15/h3-5,7-8,10,12,14H,6,9,11H2,1-2H3,(H2,21,22,24,25,26). The van der Waals surface area contributed by atoms with Crippen LogP contribution in [0.15, 0.2) is 52.2 Å². The molecule has 0 fully saturated rings. The molecule has 3 rings (SSSR count). The van der Waals surface area contributed by atoms with E-state index >= 15 is 0 Å². The number of methoxy groups -OCH3 is 1. The van der Waals surface area contributed by atoms with E-state index in [-0.39, 0.29) is 12.0 Å². The van der Waals surface area contributed by atoms with Crippen LogP contribution >= 0.6 is 0 Å². The van der Waals surface area contributed by atoms with Gasteiger partial charge in [0.05, 0.1) is 18.9 Å². The Morgan fingerprint density at radius 1 is 1.37 bits per heavy atom. The molecule has 2 aliphatic rings. The van der Waals surface area contributed by atoms with Crippen LogP contribution in [0.4, 0.5) is 16.6 Å². The zero-order valence-electron chi connectivity index (χ0n) is 15.3. The van der Waals surface area contributed by atoms with E-state index in [0.29, 0.717) is 18.0 Å². The Morgan fingerprint density at radius 3 is 2.96 bits per heavy atom. The van der Waals surface area contributed by atoms with Gasteiger partial charge in [-0.25, -0.2) is 9.78 Å². The summed E-state index contributed by atoms with van der Waals surface area (Å²) < 4.78 is 5.11. The summed E-state index contributed by atoms with van der Waals surface area (Å²) in [4.78, 5) is 29.0. The maximum Gasteiger partial charge on any atom is 0.347 e. The van der Waals surface area contributed by atoms with Gasteiger partial charge in [-0.3, -0.25) is 10.3 Å². The van der Waals surface area contributed by atoms with Gasteiger partial charge in [0, 0.05) is 30.9 Å². The Balaban J connectivity index is 1.56. The number of nitrogens with zero attached hydrogens (tertiary/aromatic N) is 4. The quantitative estimate of drug-likeness (QED) is 0.806. The molecule has 1 atom stereocenters. The summed E-state index contributed by atoms with van der Waals surface area (Å²) in [7, 11) is 1.60. The van der Waals surface area contributed by atoms with E-state index in [2.05, 4.69) is 36.7 Å². The molecule has 140 valence electrons. The van der Waals surface area contributed by atoms with Gasteiger partial charge in [-0.2, -0.15) is 9.98 Å². The molecule has 0 spiro atoms. The molecular formula is C19H22N6O2. The summed E-state index contributed by atoms with van der Waals surface area (Å²) in [5.41, 5.74) is 1.39.